The fraction of sp³-hybridized carbons (Fsp3) is 0.647. The maximum atomic E-state index is 16.0. The van der Waals surface area contributed by atoms with Crippen molar-refractivity contribution in [1.29, 1.82) is 0 Å². The summed E-state index contributed by atoms with van der Waals surface area (Å²) in [5.41, 5.74) is 5.15. The topological polar surface area (TPSA) is 0 Å². The second-order valence-electron chi connectivity index (χ2n) is 11.7. The second kappa shape index (κ2) is 13.6. The molecule has 0 spiro atoms. The van der Waals surface area contributed by atoms with Crippen LogP contribution in [0.5, 0.6) is 0 Å². The van der Waals surface area contributed by atoms with E-state index in [-0.39, 0.29) is 5.92 Å². The Hall–Kier alpha value is -1.63. The number of aryl methyl sites for hydroxylation is 1. The van der Waals surface area contributed by atoms with Crippen molar-refractivity contribution in [3.63, 3.8) is 0 Å². The minimum atomic E-state index is -0.704. The largest absolute Gasteiger partial charge is 0.247 e. The Balaban J connectivity index is 1.42. The van der Waals surface area contributed by atoms with Gasteiger partial charge in [0, 0.05) is 5.92 Å². The van der Waals surface area contributed by atoms with Gasteiger partial charge in [0.25, 0.3) is 0 Å². The number of halogens is 1. The van der Waals surface area contributed by atoms with Crippen molar-refractivity contribution < 1.29 is 4.39 Å². The molecule has 3 unspecified atom stereocenters. The van der Waals surface area contributed by atoms with E-state index in [4.69, 9.17) is 0 Å². The number of benzene rings is 2. The molecule has 0 nitrogen and oxygen atoms in total. The van der Waals surface area contributed by atoms with Gasteiger partial charge in [-0.3, -0.25) is 0 Å². The SMILES string of the molecule is CCCCCc1ccc(-c2ccccc2)c(C2CCC([C@H]3CC[C@H](CCCCC)CC3)CC2F)c1. The first-order chi connectivity index (χ1) is 17.2. The van der Waals surface area contributed by atoms with Crippen LogP contribution >= 0.6 is 0 Å². The molecule has 192 valence electrons. The summed E-state index contributed by atoms with van der Waals surface area (Å²) < 4.78 is 16.0. The standard InChI is InChI=1S/C34H49F/c1-3-5-8-12-26-16-19-28(20-17-26)30-21-23-32(34(35)25-30)33-24-27(13-9-6-4-2)18-22-31(33)29-14-10-7-11-15-29/h7,10-11,14-15,18,22,24,26,28,30,32,34H,3-6,8-9,12-13,16-17,19-21,23,25H2,1-2H3/t26-,28-,30?,32?,34?. The van der Waals surface area contributed by atoms with Gasteiger partial charge in [0.1, 0.15) is 6.17 Å². The van der Waals surface area contributed by atoms with E-state index in [0.29, 0.717) is 5.92 Å². The molecule has 0 aliphatic heterocycles. The molecule has 2 saturated carbocycles. The van der Waals surface area contributed by atoms with Crippen LogP contribution in [-0.2, 0) is 6.42 Å². The third kappa shape index (κ3) is 7.21. The van der Waals surface area contributed by atoms with E-state index in [1.165, 1.54) is 99.3 Å². The lowest BCUT2D eigenvalue weighted by atomic mass is 9.66. The number of alkyl halides is 1. The highest BCUT2D eigenvalue weighted by atomic mass is 19.1. The maximum Gasteiger partial charge on any atom is 0.107 e. The summed E-state index contributed by atoms with van der Waals surface area (Å²) in [7, 11) is 0. The molecule has 2 aromatic rings. The number of unbranched alkanes of at least 4 members (excludes halogenated alkanes) is 4. The molecule has 0 bridgehead atoms. The van der Waals surface area contributed by atoms with Gasteiger partial charge in [0.2, 0.25) is 0 Å². The fourth-order valence-electron chi connectivity index (χ4n) is 7.09. The molecule has 1 heteroatoms. The van der Waals surface area contributed by atoms with E-state index < -0.39 is 6.17 Å². The van der Waals surface area contributed by atoms with Crippen LogP contribution in [0.3, 0.4) is 0 Å². The van der Waals surface area contributed by atoms with Gasteiger partial charge < -0.3 is 0 Å². The van der Waals surface area contributed by atoms with Crippen LogP contribution in [-0.4, -0.2) is 6.17 Å². The van der Waals surface area contributed by atoms with E-state index in [1.807, 2.05) is 0 Å². The van der Waals surface area contributed by atoms with Crippen molar-refractivity contribution in [2.24, 2.45) is 17.8 Å². The molecule has 0 radical (unpaired) electrons. The number of hydrogen-bond donors (Lipinski definition) is 0. The molecule has 35 heavy (non-hydrogen) atoms. The van der Waals surface area contributed by atoms with Crippen molar-refractivity contribution in [3.05, 3.63) is 59.7 Å². The molecule has 0 saturated heterocycles. The van der Waals surface area contributed by atoms with Gasteiger partial charge in [-0.2, -0.15) is 0 Å². The predicted octanol–water partition coefficient (Wildman–Crippen LogP) is 10.7. The summed E-state index contributed by atoms with van der Waals surface area (Å²) in [4.78, 5) is 0. The fourth-order valence-corrected chi connectivity index (χ4v) is 7.09. The lowest BCUT2D eigenvalue weighted by Gasteiger charge is -2.40. The van der Waals surface area contributed by atoms with Gasteiger partial charge >= 0.3 is 0 Å². The third-order valence-electron chi connectivity index (χ3n) is 9.26. The quantitative estimate of drug-likeness (QED) is 0.283. The Labute approximate surface area is 215 Å². The zero-order valence-electron chi connectivity index (χ0n) is 22.5. The van der Waals surface area contributed by atoms with Crippen LogP contribution in [0.2, 0.25) is 0 Å². The van der Waals surface area contributed by atoms with Gasteiger partial charge in [-0.15, -0.1) is 0 Å². The number of rotatable bonds is 11. The van der Waals surface area contributed by atoms with Gasteiger partial charge in [-0.05, 0) is 85.0 Å². The summed E-state index contributed by atoms with van der Waals surface area (Å²) in [5, 5.41) is 0. The highest BCUT2D eigenvalue weighted by Gasteiger charge is 2.37. The van der Waals surface area contributed by atoms with Gasteiger partial charge in [-0.25, -0.2) is 4.39 Å². The zero-order chi connectivity index (χ0) is 24.5. The molecule has 2 aromatic carbocycles. The normalized spacial score (nSPS) is 27.1. The van der Waals surface area contributed by atoms with Crippen LogP contribution in [0.1, 0.15) is 121 Å². The van der Waals surface area contributed by atoms with Crippen LogP contribution in [0.4, 0.5) is 4.39 Å². The lowest BCUT2D eigenvalue weighted by molar-refractivity contribution is 0.101. The first kappa shape index (κ1) is 26.4. The van der Waals surface area contributed by atoms with Crippen LogP contribution < -0.4 is 0 Å². The molecule has 3 atom stereocenters. The van der Waals surface area contributed by atoms with Crippen molar-refractivity contribution in [2.75, 3.05) is 0 Å². The van der Waals surface area contributed by atoms with Crippen LogP contribution in [0.25, 0.3) is 11.1 Å². The Kier molecular flexibility index (Phi) is 10.3. The van der Waals surface area contributed by atoms with Gasteiger partial charge in [-0.1, -0.05) is 114 Å². The van der Waals surface area contributed by atoms with Crippen LogP contribution in [0, 0.1) is 17.8 Å². The average molecular weight is 477 g/mol. The van der Waals surface area contributed by atoms with Crippen LogP contribution in [0.15, 0.2) is 48.5 Å². The Bertz CT molecular complexity index is 863. The maximum absolute atomic E-state index is 16.0. The van der Waals surface area contributed by atoms with Crippen molar-refractivity contribution in [2.45, 2.75) is 122 Å². The van der Waals surface area contributed by atoms with E-state index in [9.17, 15) is 0 Å². The molecule has 0 amide bonds. The second-order valence-corrected chi connectivity index (χ2v) is 11.7. The molecule has 0 heterocycles. The summed E-state index contributed by atoms with van der Waals surface area (Å²) in [6.07, 6.45) is 18.2. The summed E-state index contributed by atoms with van der Waals surface area (Å²) in [6.45, 7) is 4.56. The summed E-state index contributed by atoms with van der Waals surface area (Å²) in [6, 6.07) is 17.6. The van der Waals surface area contributed by atoms with Gasteiger partial charge in [0.05, 0.1) is 0 Å². The first-order valence-electron chi connectivity index (χ1n) is 15.0. The van der Waals surface area contributed by atoms with Crippen molar-refractivity contribution in [1.82, 2.24) is 0 Å². The molecular weight excluding hydrogens is 427 g/mol. The molecule has 4 rings (SSSR count). The highest BCUT2D eigenvalue weighted by molar-refractivity contribution is 5.68. The molecular formula is C34H49F. The summed E-state index contributed by atoms with van der Waals surface area (Å²) in [5.74, 6) is 2.37. The monoisotopic (exact) mass is 476 g/mol. The first-order valence-corrected chi connectivity index (χ1v) is 15.0. The Morgan fingerprint density at radius 3 is 2.17 bits per heavy atom. The minimum absolute atomic E-state index is 0.0537. The average Bonchev–Trinajstić information content (AvgIpc) is 2.90. The molecule has 0 aromatic heterocycles. The number of hydrogen-bond acceptors (Lipinski definition) is 0. The van der Waals surface area contributed by atoms with Gasteiger partial charge in [0.15, 0.2) is 0 Å². The highest BCUT2D eigenvalue weighted by Crippen LogP contribution is 2.47. The molecule has 2 aliphatic rings. The third-order valence-corrected chi connectivity index (χ3v) is 9.26. The van der Waals surface area contributed by atoms with E-state index in [0.717, 1.165) is 31.1 Å². The predicted molar refractivity (Wildman–Crippen MR) is 150 cm³/mol. The van der Waals surface area contributed by atoms with E-state index >= 15 is 4.39 Å². The lowest BCUT2D eigenvalue weighted by Crippen LogP contribution is -2.31. The summed E-state index contributed by atoms with van der Waals surface area (Å²) >= 11 is 0. The Morgan fingerprint density at radius 2 is 1.46 bits per heavy atom. The van der Waals surface area contributed by atoms with E-state index in [2.05, 4.69) is 62.4 Å². The molecule has 0 N–H and O–H groups in total. The zero-order valence-corrected chi connectivity index (χ0v) is 22.5. The van der Waals surface area contributed by atoms with Crippen molar-refractivity contribution >= 4 is 0 Å². The molecule has 2 fully saturated rings. The van der Waals surface area contributed by atoms with Crippen molar-refractivity contribution in [3.8, 4) is 11.1 Å². The molecule has 2 aliphatic carbocycles. The Morgan fingerprint density at radius 1 is 0.743 bits per heavy atom. The smallest absolute Gasteiger partial charge is 0.107 e. The van der Waals surface area contributed by atoms with E-state index in [1.54, 1.807) is 0 Å². The minimum Gasteiger partial charge on any atom is -0.247 e.